The van der Waals surface area contributed by atoms with Crippen LogP contribution in [0.15, 0.2) is 42.5 Å². The number of nitrogens with one attached hydrogen (secondary N) is 1. The maximum absolute atomic E-state index is 12.1. The van der Waals surface area contributed by atoms with Gasteiger partial charge in [-0.05, 0) is 43.3 Å². The molecule has 0 unspecified atom stereocenters. The van der Waals surface area contributed by atoms with Crippen LogP contribution in [-0.2, 0) is 9.53 Å². The number of halogens is 1. The van der Waals surface area contributed by atoms with Crippen molar-refractivity contribution in [1.29, 1.82) is 0 Å². The third-order valence-electron chi connectivity index (χ3n) is 3.23. The number of nitrogens with zero attached hydrogens (tertiary/aromatic N) is 1. The molecule has 2 rings (SSSR count). The van der Waals surface area contributed by atoms with E-state index >= 15 is 0 Å². The van der Waals surface area contributed by atoms with Crippen molar-refractivity contribution in [3.63, 3.8) is 0 Å². The molecule has 0 spiro atoms. The number of carbonyl (C=O) groups is 2. The summed E-state index contributed by atoms with van der Waals surface area (Å²) in [5.41, 5.74) is 5.40. The Balaban J connectivity index is 2.04. The van der Waals surface area contributed by atoms with Crippen molar-refractivity contribution in [2.45, 2.75) is 13.0 Å². The van der Waals surface area contributed by atoms with Gasteiger partial charge in [-0.15, -0.1) is 0 Å². The molecule has 0 aliphatic heterocycles. The molecule has 0 aromatic heterocycles. The van der Waals surface area contributed by atoms with E-state index in [4.69, 9.17) is 22.1 Å². The number of nitro groups is 1. The molecule has 0 fully saturated rings. The van der Waals surface area contributed by atoms with Crippen LogP contribution in [0.5, 0.6) is 0 Å². The van der Waals surface area contributed by atoms with Crippen molar-refractivity contribution in [3.8, 4) is 0 Å². The monoisotopic (exact) mass is 363 g/mol. The molecule has 0 bridgehead atoms. The molecular formula is C16H14ClN3O5. The number of benzene rings is 2. The number of nitrogen functional groups attached to an aromatic ring is 1. The number of anilines is 2. The molecule has 2 aromatic rings. The molecule has 8 nitrogen and oxygen atoms in total. The molecule has 0 saturated carbocycles. The van der Waals surface area contributed by atoms with Crippen LogP contribution >= 0.6 is 11.6 Å². The quantitative estimate of drug-likeness (QED) is 0.364. The number of rotatable bonds is 5. The minimum Gasteiger partial charge on any atom is -0.449 e. The van der Waals surface area contributed by atoms with Gasteiger partial charge in [-0.25, -0.2) is 4.79 Å². The second-order valence-electron chi connectivity index (χ2n) is 5.07. The standard InChI is InChI=1S/C16H14ClN3O5/c1-9(15(21)19-12-5-3-11(17)4-6-12)25-16(22)10-2-7-13(18)14(8-10)20(23)24/h2-9H,18H2,1H3,(H,19,21)/t9-/m1/s1. The van der Waals surface area contributed by atoms with Crippen molar-refractivity contribution in [2.75, 3.05) is 11.1 Å². The minimum absolute atomic E-state index is 0.0740. The topological polar surface area (TPSA) is 125 Å². The van der Waals surface area contributed by atoms with Crippen LogP contribution in [0.25, 0.3) is 0 Å². The van der Waals surface area contributed by atoms with E-state index in [0.717, 1.165) is 6.07 Å². The molecule has 0 aliphatic rings. The Hall–Kier alpha value is -3.13. The molecule has 0 heterocycles. The van der Waals surface area contributed by atoms with Gasteiger partial charge < -0.3 is 15.8 Å². The molecule has 1 atom stereocenters. The second kappa shape index (κ2) is 7.63. The highest BCUT2D eigenvalue weighted by Crippen LogP contribution is 2.23. The number of ether oxygens (including phenoxy) is 1. The molecule has 2 aromatic carbocycles. The van der Waals surface area contributed by atoms with Crippen molar-refractivity contribution in [1.82, 2.24) is 0 Å². The number of carbonyl (C=O) groups excluding carboxylic acids is 2. The van der Waals surface area contributed by atoms with E-state index in [1.807, 2.05) is 0 Å². The van der Waals surface area contributed by atoms with Gasteiger partial charge in [-0.2, -0.15) is 0 Å². The van der Waals surface area contributed by atoms with E-state index in [2.05, 4.69) is 5.32 Å². The first kappa shape index (κ1) is 18.2. The number of esters is 1. The summed E-state index contributed by atoms with van der Waals surface area (Å²) >= 11 is 5.75. The molecule has 3 N–H and O–H groups in total. The fourth-order valence-corrected chi connectivity index (χ4v) is 2.01. The summed E-state index contributed by atoms with van der Waals surface area (Å²) in [5, 5.41) is 13.9. The largest absolute Gasteiger partial charge is 0.449 e. The van der Waals surface area contributed by atoms with Crippen LogP contribution in [-0.4, -0.2) is 22.9 Å². The summed E-state index contributed by atoms with van der Waals surface area (Å²) in [7, 11) is 0. The van der Waals surface area contributed by atoms with Crippen LogP contribution in [0.1, 0.15) is 17.3 Å². The van der Waals surface area contributed by atoms with Gasteiger partial charge in [0, 0.05) is 16.8 Å². The van der Waals surface area contributed by atoms with Gasteiger partial charge in [-0.3, -0.25) is 14.9 Å². The minimum atomic E-state index is -1.11. The van der Waals surface area contributed by atoms with Gasteiger partial charge in [-0.1, -0.05) is 11.6 Å². The predicted molar refractivity (Wildman–Crippen MR) is 92.5 cm³/mol. The Kier molecular flexibility index (Phi) is 5.56. The first-order valence-electron chi connectivity index (χ1n) is 7.09. The molecule has 0 aliphatic carbocycles. The number of nitrogens with two attached hydrogens (primary N) is 1. The van der Waals surface area contributed by atoms with Gasteiger partial charge >= 0.3 is 5.97 Å². The zero-order valence-corrected chi connectivity index (χ0v) is 13.8. The zero-order valence-electron chi connectivity index (χ0n) is 13.1. The highest BCUT2D eigenvalue weighted by Gasteiger charge is 2.21. The average molecular weight is 364 g/mol. The molecule has 1 amide bonds. The van der Waals surface area contributed by atoms with Gasteiger partial charge in [0.15, 0.2) is 6.10 Å². The van der Waals surface area contributed by atoms with Crippen LogP contribution in [0.4, 0.5) is 17.1 Å². The lowest BCUT2D eigenvalue weighted by atomic mass is 10.2. The summed E-state index contributed by atoms with van der Waals surface area (Å²) < 4.78 is 5.03. The molecule has 0 radical (unpaired) electrons. The van der Waals surface area contributed by atoms with Gasteiger partial charge in [0.2, 0.25) is 0 Å². The Morgan fingerprint density at radius 3 is 2.48 bits per heavy atom. The molecule has 25 heavy (non-hydrogen) atoms. The van der Waals surface area contributed by atoms with Gasteiger partial charge in [0.05, 0.1) is 10.5 Å². The molecule has 0 saturated heterocycles. The van der Waals surface area contributed by atoms with E-state index in [-0.39, 0.29) is 11.3 Å². The van der Waals surface area contributed by atoms with Crippen molar-refractivity contribution in [3.05, 3.63) is 63.2 Å². The Morgan fingerprint density at radius 1 is 1.24 bits per heavy atom. The third kappa shape index (κ3) is 4.67. The van der Waals surface area contributed by atoms with Crippen LogP contribution in [0.3, 0.4) is 0 Å². The first-order valence-corrected chi connectivity index (χ1v) is 7.47. The number of hydrogen-bond acceptors (Lipinski definition) is 6. The summed E-state index contributed by atoms with van der Waals surface area (Å²) in [4.78, 5) is 34.3. The van der Waals surface area contributed by atoms with E-state index in [1.165, 1.54) is 19.1 Å². The maximum Gasteiger partial charge on any atom is 0.339 e. The van der Waals surface area contributed by atoms with Crippen LogP contribution in [0.2, 0.25) is 5.02 Å². The van der Waals surface area contributed by atoms with Crippen molar-refractivity contribution in [2.24, 2.45) is 0 Å². The van der Waals surface area contributed by atoms with Gasteiger partial charge in [0.1, 0.15) is 5.69 Å². The van der Waals surface area contributed by atoms with Crippen molar-refractivity contribution < 1.29 is 19.2 Å². The Morgan fingerprint density at radius 2 is 1.88 bits per heavy atom. The number of amides is 1. The van der Waals surface area contributed by atoms with Crippen LogP contribution in [0, 0.1) is 10.1 Å². The second-order valence-corrected chi connectivity index (χ2v) is 5.51. The fourth-order valence-electron chi connectivity index (χ4n) is 1.89. The normalized spacial score (nSPS) is 11.4. The number of nitro benzene ring substituents is 1. The highest BCUT2D eigenvalue weighted by atomic mass is 35.5. The lowest BCUT2D eigenvalue weighted by molar-refractivity contribution is -0.383. The SMILES string of the molecule is C[C@@H](OC(=O)c1ccc(N)c([N+](=O)[O-])c1)C(=O)Nc1ccc(Cl)cc1. The third-order valence-corrected chi connectivity index (χ3v) is 3.48. The average Bonchev–Trinajstić information content (AvgIpc) is 2.56. The predicted octanol–water partition coefficient (Wildman–Crippen LogP) is 3.01. The number of hydrogen-bond donors (Lipinski definition) is 2. The first-order chi connectivity index (χ1) is 11.8. The lowest BCUT2D eigenvalue weighted by Crippen LogP contribution is -2.30. The van der Waals surface area contributed by atoms with Gasteiger partial charge in [0.25, 0.3) is 11.6 Å². The lowest BCUT2D eigenvalue weighted by Gasteiger charge is -2.13. The smallest absolute Gasteiger partial charge is 0.339 e. The summed E-state index contributed by atoms with van der Waals surface area (Å²) in [6.07, 6.45) is -1.11. The molecule has 130 valence electrons. The summed E-state index contributed by atoms with van der Waals surface area (Å²) in [6, 6.07) is 9.90. The van der Waals surface area contributed by atoms with E-state index in [1.54, 1.807) is 24.3 Å². The fraction of sp³-hybridized carbons (Fsp3) is 0.125. The molecular weight excluding hydrogens is 350 g/mol. The van der Waals surface area contributed by atoms with E-state index < -0.39 is 28.6 Å². The summed E-state index contributed by atoms with van der Waals surface area (Å²) in [5.74, 6) is -1.43. The zero-order chi connectivity index (χ0) is 18.6. The van der Waals surface area contributed by atoms with Crippen molar-refractivity contribution >= 4 is 40.5 Å². The Bertz CT molecular complexity index is 823. The maximum atomic E-state index is 12.1. The summed E-state index contributed by atoms with van der Waals surface area (Å²) in [6.45, 7) is 1.38. The highest BCUT2D eigenvalue weighted by molar-refractivity contribution is 6.30. The van der Waals surface area contributed by atoms with E-state index in [0.29, 0.717) is 10.7 Å². The van der Waals surface area contributed by atoms with E-state index in [9.17, 15) is 19.7 Å². The Labute approximate surface area is 147 Å². The molecule has 9 heteroatoms. The van der Waals surface area contributed by atoms with Crippen LogP contribution < -0.4 is 11.1 Å².